The maximum absolute atomic E-state index is 11.9. The first kappa shape index (κ1) is 17.0. The molecule has 2 aliphatic rings. The van der Waals surface area contributed by atoms with Crippen molar-refractivity contribution in [3.05, 3.63) is 23.8 Å². The number of hydrogen-bond acceptors (Lipinski definition) is 5. The molecule has 0 aliphatic carbocycles. The van der Waals surface area contributed by atoms with Gasteiger partial charge in [-0.3, -0.25) is 4.79 Å². The van der Waals surface area contributed by atoms with Crippen LogP contribution in [0.4, 0.5) is 0 Å². The van der Waals surface area contributed by atoms with Gasteiger partial charge in [-0.05, 0) is 43.6 Å². The highest BCUT2D eigenvalue weighted by Crippen LogP contribution is 2.33. The van der Waals surface area contributed by atoms with Crippen LogP contribution in [0.15, 0.2) is 18.2 Å². The Hall–Kier alpha value is -1.79. The predicted octanol–water partition coefficient (Wildman–Crippen LogP) is 1.48. The van der Waals surface area contributed by atoms with Crippen molar-refractivity contribution >= 4 is 5.91 Å². The average Bonchev–Trinajstić information content (AvgIpc) is 3.13. The minimum Gasteiger partial charge on any atom is -0.486 e. The van der Waals surface area contributed by atoms with Crippen LogP contribution < -0.4 is 14.8 Å². The predicted molar refractivity (Wildman–Crippen MR) is 90.3 cm³/mol. The van der Waals surface area contributed by atoms with Crippen LogP contribution in [0.3, 0.4) is 0 Å². The van der Waals surface area contributed by atoms with Gasteiger partial charge in [-0.2, -0.15) is 0 Å². The van der Waals surface area contributed by atoms with E-state index in [4.69, 9.17) is 9.47 Å². The van der Waals surface area contributed by atoms with Crippen molar-refractivity contribution in [1.29, 1.82) is 0 Å². The second kappa shape index (κ2) is 7.85. The van der Waals surface area contributed by atoms with Crippen molar-refractivity contribution in [2.45, 2.75) is 38.3 Å². The van der Waals surface area contributed by atoms with Gasteiger partial charge in [-0.1, -0.05) is 13.0 Å². The molecule has 1 aromatic carbocycles. The number of benzene rings is 1. The van der Waals surface area contributed by atoms with Gasteiger partial charge in [-0.25, -0.2) is 0 Å². The van der Waals surface area contributed by atoms with Gasteiger partial charge < -0.3 is 24.8 Å². The summed E-state index contributed by atoms with van der Waals surface area (Å²) in [5, 5.41) is 13.8. The van der Waals surface area contributed by atoms with Crippen LogP contribution in [0.5, 0.6) is 11.5 Å². The molecule has 0 spiro atoms. The van der Waals surface area contributed by atoms with E-state index in [1.807, 2.05) is 25.1 Å². The number of nitrogens with one attached hydrogen (secondary N) is 1. The molecule has 0 aromatic heterocycles. The zero-order valence-electron chi connectivity index (χ0n) is 14.2. The Kier molecular flexibility index (Phi) is 5.58. The van der Waals surface area contributed by atoms with Crippen LogP contribution in [0.25, 0.3) is 0 Å². The molecule has 2 atom stereocenters. The number of likely N-dealkylation sites (tertiary alicyclic amines) is 1. The molecule has 1 aromatic rings. The molecular formula is C18H26N2O4. The summed E-state index contributed by atoms with van der Waals surface area (Å²) in [6.45, 7) is 5.56. The molecule has 1 fully saturated rings. The fourth-order valence-corrected chi connectivity index (χ4v) is 3.25. The number of rotatable bonds is 6. The molecule has 132 valence electrons. The fraction of sp³-hybridized carbons (Fsp3) is 0.611. The van der Waals surface area contributed by atoms with Crippen molar-refractivity contribution in [2.24, 2.45) is 0 Å². The lowest BCUT2D eigenvalue weighted by Gasteiger charge is -2.29. The number of hydrogen-bond donors (Lipinski definition) is 2. The molecule has 6 heteroatoms. The van der Waals surface area contributed by atoms with Crippen LogP contribution >= 0.6 is 0 Å². The molecule has 6 nitrogen and oxygen atoms in total. The Balaban J connectivity index is 1.75. The Labute approximate surface area is 142 Å². The number of ether oxygens (including phenoxy) is 2. The molecule has 3 rings (SSSR count). The Morgan fingerprint density at radius 3 is 2.67 bits per heavy atom. The van der Waals surface area contributed by atoms with Crippen LogP contribution in [0.1, 0.15) is 37.9 Å². The fourth-order valence-electron chi connectivity index (χ4n) is 3.25. The molecule has 24 heavy (non-hydrogen) atoms. The standard InChI is InChI=1S/C18H26N2O4/c1-2-17(21)19-14(12-20-7-3-4-8-20)18(22)13-5-6-15-16(11-13)24-10-9-23-15/h5-6,11,14,18,22H,2-4,7-10,12H2,1H3,(H,19,21)/t14-,18-/m1/s1. The summed E-state index contributed by atoms with van der Waals surface area (Å²) < 4.78 is 11.1. The number of nitrogens with zero attached hydrogens (tertiary/aromatic N) is 1. The van der Waals surface area contributed by atoms with E-state index in [1.165, 1.54) is 12.8 Å². The van der Waals surface area contributed by atoms with Gasteiger partial charge in [0.15, 0.2) is 11.5 Å². The van der Waals surface area contributed by atoms with E-state index in [1.54, 1.807) is 0 Å². The summed E-state index contributed by atoms with van der Waals surface area (Å²) in [5.41, 5.74) is 0.736. The Bertz CT molecular complexity index is 572. The molecule has 0 radical (unpaired) electrons. The summed E-state index contributed by atoms with van der Waals surface area (Å²) >= 11 is 0. The SMILES string of the molecule is CCC(=O)N[C@H](CN1CCCC1)[C@H](O)c1ccc2c(c1)OCCO2. The zero-order chi connectivity index (χ0) is 16.9. The van der Waals surface area contributed by atoms with E-state index < -0.39 is 6.10 Å². The Morgan fingerprint density at radius 1 is 1.25 bits per heavy atom. The summed E-state index contributed by atoms with van der Waals surface area (Å²) in [7, 11) is 0. The number of amides is 1. The summed E-state index contributed by atoms with van der Waals surface area (Å²) in [6.07, 6.45) is 1.98. The molecule has 0 saturated carbocycles. The maximum atomic E-state index is 11.9. The molecule has 2 aliphatic heterocycles. The van der Waals surface area contributed by atoms with E-state index in [0.29, 0.717) is 37.7 Å². The van der Waals surface area contributed by atoms with Gasteiger partial charge in [-0.15, -0.1) is 0 Å². The Morgan fingerprint density at radius 2 is 1.96 bits per heavy atom. The average molecular weight is 334 g/mol. The summed E-state index contributed by atoms with van der Waals surface area (Å²) in [5.74, 6) is 1.31. The smallest absolute Gasteiger partial charge is 0.220 e. The van der Waals surface area contributed by atoms with Crippen LogP contribution in [-0.2, 0) is 4.79 Å². The van der Waals surface area contributed by atoms with Crippen LogP contribution in [-0.4, -0.2) is 54.8 Å². The lowest BCUT2D eigenvalue weighted by molar-refractivity contribution is -0.122. The minimum absolute atomic E-state index is 0.0456. The van der Waals surface area contributed by atoms with E-state index >= 15 is 0 Å². The number of carbonyl (C=O) groups excluding carboxylic acids is 1. The van der Waals surface area contributed by atoms with Gasteiger partial charge in [0.2, 0.25) is 5.91 Å². The van der Waals surface area contributed by atoms with Crippen LogP contribution in [0.2, 0.25) is 0 Å². The topological polar surface area (TPSA) is 71.0 Å². The van der Waals surface area contributed by atoms with Gasteiger partial charge in [0.1, 0.15) is 19.3 Å². The minimum atomic E-state index is -0.781. The molecule has 1 amide bonds. The molecule has 1 saturated heterocycles. The van der Waals surface area contributed by atoms with Gasteiger partial charge >= 0.3 is 0 Å². The first-order valence-electron chi connectivity index (χ1n) is 8.76. The molecule has 0 bridgehead atoms. The van der Waals surface area contributed by atoms with E-state index in [-0.39, 0.29) is 11.9 Å². The van der Waals surface area contributed by atoms with Crippen molar-refractivity contribution in [2.75, 3.05) is 32.8 Å². The van der Waals surface area contributed by atoms with Crippen LogP contribution in [0, 0.1) is 0 Å². The highest BCUT2D eigenvalue weighted by molar-refractivity contribution is 5.76. The van der Waals surface area contributed by atoms with E-state index in [2.05, 4.69) is 10.2 Å². The second-order valence-corrected chi connectivity index (χ2v) is 6.38. The molecule has 2 N–H and O–H groups in total. The monoisotopic (exact) mass is 334 g/mol. The largest absolute Gasteiger partial charge is 0.486 e. The van der Waals surface area contributed by atoms with Crippen molar-refractivity contribution < 1.29 is 19.4 Å². The third-order valence-electron chi connectivity index (χ3n) is 4.61. The summed E-state index contributed by atoms with van der Waals surface area (Å²) in [4.78, 5) is 14.2. The lowest BCUT2D eigenvalue weighted by Crippen LogP contribution is -2.46. The molecular weight excluding hydrogens is 308 g/mol. The van der Waals surface area contributed by atoms with Crippen molar-refractivity contribution in [3.8, 4) is 11.5 Å². The quantitative estimate of drug-likeness (QED) is 0.825. The third-order valence-corrected chi connectivity index (χ3v) is 4.61. The first-order chi connectivity index (χ1) is 11.7. The normalized spacial score (nSPS) is 19.8. The number of aliphatic hydroxyl groups is 1. The van der Waals surface area contributed by atoms with E-state index in [0.717, 1.165) is 18.7 Å². The van der Waals surface area contributed by atoms with Crippen molar-refractivity contribution in [1.82, 2.24) is 10.2 Å². The number of aliphatic hydroxyl groups excluding tert-OH is 1. The molecule has 0 unspecified atom stereocenters. The van der Waals surface area contributed by atoms with E-state index in [9.17, 15) is 9.90 Å². The summed E-state index contributed by atoms with van der Waals surface area (Å²) in [6, 6.07) is 5.14. The first-order valence-corrected chi connectivity index (χ1v) is 8.76. The maximum Gasteiger partial charge on any atom is 0.220 e. The van der Waals surface area contributed by atoms with Crippen molar-refractivity contribution in [3.63, 3.8) is 0 Å². The molecule has 2 heterocycles. The highest BCUT2D eigenvalue weighted by Gasteiger charge is 2.27. The third kappa shape index (κ3) is 3.99. The number of fused-ring (bicyclic) bond motifs is 1. The van der Waals surface area contributed by atoms with Gasteiger partial charge in [0.05, 0.1) is 6.04 Å². The second-order valence-electron chi connectivity index (χ2n) is 6.38. The number of carbonyl (C=O) groups is 1. The van der Waals surface area contributed by atoms with Gasteiger partial charge in [0.25, 0.3) is 0 Å². The zero-order valence-corrected chi connectivity index (χ0v) is 14.2. The lowest BCUT2D eigenvalue weighted by atomic mass is 10.0. The highest BCUT2D eigenvalue weighted by atomic mass is 16.6. The van der Waals surface area contributed by atoms with Gasteiger partial charge in [0, 0.05) is 13.0 Å².